The maximum absolute atomic E-state index is 12.4. The second-order valence-corrected chi connectivity index (χ2v) is 10.5. The highest BCUT2D eigenvalue weighted by Crippen LogP contribution is 2.34. The molecule has 1 amide bonds. The lowest BCUT2D eigenvalue weighted by Gasteiger charge is -2.32. The number of aromatic nitrogens is 3. The van der Waals surface area contributed by atoms with Crippen LogP contribution < -0.4 is 10.2 Å². The number of benzene rings is 1. The maximum atomic E-state index is 12.4. The molecule has 5 heterocycles. The largest absolute Gasteiger partial charge is 0.351 e. The van der Waals surface area contributed by atoms with Crippen molar-refractivity contribution in [1.29, 1.82) is 0 Å². The fraction of sp³-hybridized carbons (Fsp3) is 0.308. The normalized spacial score (nSPS) is 19.5. The van der Waals surface area contributed by atoms with E-state index in [0.29, 0.717) is 23.5 Å². The smallest absolute Gasteiger partial charge is 0.253 e. The van der Waals surface area contributed by atoms with Crippen LogP contribution in [0, 0.1) is 0 Å². The van der Waals surface area contributed by atoms with Crippen LogP contribution in [-0.4, -0.2) is 77.0 Å². The Kier molecular flexibility index (Phi) is 5.38. The van der Waals surface area contributed by atoms with Crippen LogP contribution in [0.1, 0.15) is 16.8 Å². The number of carbonyl (C=O) groups is 1. The number of likely N-dealkylation sites (N-methyl/N-ethyl adjacent to an activating group) is 1. The molecule has 2 saturated heterocycles. The van der Waals surface area contributed by atoms with Gasteiger partial charge in [-0.2, -0.15) is 0 Å². The third-order valence-electron chi connectivity index (χ3n) is 6.84. The SMILES string of the molecule is CN(C)C(=O)c1cccc(-c2nc3cc(Nc4cccc(N5C[C@@H]6C[C@H]5CN6C)n4)ncc3s2)c1. The minimum Gasteiger partial charge on any atom is -0.351 e. The van der Waals surface area contributed by atoms with Crippen molar-refractivity contribution in [2.45, 2.75) is 18.5 Å². The van der Waals surface area contributed by atoms with Gasteiger partial charge >= 0.3 is 0 Å². The molecule has 6 rings (SSSR count). The van der Waals surface area contributed by atoms with Gasteiger partial charge < -0.3 is 15.1 Å². The van der Waals surface area contributed by atoms with Gasteiger partial charge in [0.05, 0.1) is 10.2 Å². The van der Waals surface area contributed by atoms with E-state index in [1.807, 2.05) is 48.7 Å². The molecular formula is C26H27N7OS. The number of piperazine rings is 1. The number of hydrogen-bond acceptors (Lipinski definition) is 8. The molecule has 178 valence electrons. The van der Waals surface area contributed by atoms with Crippen LogP contribution in [-0.2, 0) is 0 Å². The Bertz CT molecular complexity index is 1420. The lowest BCUT2D eigenvalue weighted by atomic mass is 10.1. The van der Waals surface area contributed by atoms with Gasteiger partial charge in [-0.25, -0.2) is 15.0 Å². The van der Waals surface area contributed by atoms with Gasteiger partial charge in [-0.15, -0.1) is 11.3 Å². The van der Waals surface area contributed by atoms with Crippen molar-refractivity contribution in [3.05, 3.63) is 60.3 Å². The number of fused-ring (bicyclic) bond motifs is 3. The zero-order chi connectivity index (χ0) is 24.1. The molecule has 2 fully saturated rings. The Labute approximate surface area is 208 Å². The average Bonchev–Trinajstić information content (AvgIpc) is 3.57. The fourth-order valence-corrected chi connectivity index (χ4v) is 5.91. The topological polar surface area (TPSA) is 77.5 Å². The molecular weight excluding hydrogens is 458 g/mol. The van der Waals surface area contributed by atoms with Crippen LogP contribution in [0.2, 0.25) is 0 Å². The molecule has 1 N–H and O–H groups in total. The van der Waals surface area contributed by atoms with Crippen LogP contribution in [0.15, 0.2) is 54.7 Å². The Hall–Kier alpha value is -3.56. The number of rotatable bonds is 5. The van der Waals surface area contributed by atoms with Crippen LogP contribution in [0.5, 0.6) is 0 Å². The minimum absolute atomic E-state index is 0.0235. The molecule has 2 atom stereocenters. The summed E-state index contributed by atoms with van der Waals surface area (Å²) in [6, 6.07) is 16.8. The Morgan fingerprint density at radius 3 is 2.69 bits per heavy atom. The Balaban J connectivity index is 1.23. The zero-order valence-corrected chi connectivity index (χ0v) is 20.8. The van der Waals surface area contributed by atoms with E-state index in [2.05, 4.69) is 33.2 Å². The van der Waals surface area contributed by atoms with Crippen molar-refractivity contribution in [2.24, 2.45) is 0 Å². The third kappa shape index (κ3) is 4.11. The molecule has 2 aliphatic rings. The number of nitrogens with zero attached hydrogens (tertiary/aromatic N) is 6. The van der Waals surface area contributed by atoms with E-state index in [-0.39, 0.29) is 5.91 Å². The van der Waals surface area contributed by atoms with Gasteiger partial charge in [0, 0.05) is 62.7 Å². The van der Waals surface area contributed by atoms with Crippen molar-refractivity contribution in [3.63, 3.8) is 0 Å². The first kappa shape index (κ1) is 21.9. The number of pyridine rings is 2. The summed E-state index contributed by atoms with van der Waals surface area (Å²) in [6.07, 6.45) is 3.05. The molecule has 8 nitrogen and oxygen atoms in total. The summed E-state index contributed by atoms with van der Waals surface area (Å²) in [5, 5.41) is 4.22. The lowest BCUT2D eigenvalue weighted by molar-refractivity contribution is 0.0827. The van der Waals surface area contributed by atoms with E-state index in [4.69, 9.17) is 9.97 Å². The summed E-state index contributed by atoms with van der Waals surface area (Å²) in [4.78, 5) is 33.1. The molecule has 0 unspecified atom stereocenters. The Morgan fingerprint density at radius 2 is 1.91 bits per heavy atom. The fourth-order valence-electron chi connectivity index (χ4n) is 5.00. The van der Waals surface area contributed by atoms with E-state index in [1.54, 1.807) is 30.3 Å². The molecule has 9 heteroatoms. The highest BCUT2D eigenvalue weighted by molar-refractivity contribution is 7.21. The molecule has 1 aromatic carbocycles. The standard InChI is InChI=1S/C26H27N7OS/c1-31(2)26(34)17-7-4-6-16(10-17)25-28-20-12-23(27-13-21(20)35-25)29-22-8-5-9-24(30-22)33-15-18-11-19(33)14-32(18)3/h4-10,12-13,18-19H,11,14-15H2,1-3H3,(H,27,29,30)/t18-,19-/m0/s1. The van der Waals surface area contributed by atoms with E-state index in [0.717, 1.165) is 45.5 Å². The minimum atomic E-state index is -0.0235. The molecule has 0 spiro atoms. The van der Waals surface area contributed by atoms with Crippen molar-refractivity contribution >= 4 is 44.9 Å². The number of thiazole rings is 1. The zero-order valence-electron chi connectivity index (χ0n) is 20.0. The molecule has 35 heavy (non-hydrogen) atoms. The summed E-state index contributed by atoms with van der Waals surface area (Å²) in [7, 11) is 5.72. The van der Waals surface area contributed by atoms with Crippen molar-refractivity contribution < 1.29 is 4.79 Å². The van der Waals surface area contributed by atoms with E-state index in [9.17, 15) is 4.79 Å². The third-order valence-corrected chi connectivity index (χ3v) is 7.89. The van der Waals surface area contributed by atoms with Gasteiger partial charge in [0.25, 0.3) is 5.91 Å². The monoisotopic (exact) mass is 485 g/mol. The van der Waals surface area contributed by atoms with Gasteiger partial charge in [0.2, 0.25) is 0 Å². The van der Waals surface area contributed by atoms with Crippen LogP contribution in [0.25, 0.3) is 20.8 Å². The van der Waals surface area contributed by atoms with Gasteiger partial charge in [-0.1, -0.05) is 18.2 Å². The van der Waals surface area contributed by atoms with Crippen molar-refractivity contribution in [1.82, 2.24) is 24.8 Å². The highest BCUT2D eigenvalue weighted by atomic mass is 32.1. The lowest BCUT2D eigenvalue weighted by Crippen LogP contribution is -2.44. The van der Waals surface area contributed by atoms with E-state index >= 15 is 0 Å². The first-order valence-electron chi connectivity index (χ1n) is 11.7. The summed E-state index contributed by atoms with van der Waals surface area (Å²) in [6.45, 7) is 2.13. The maximum Gasteiger partial charge on any atom is 0.253 e. The molecule has 2 bridgehead atoms. The number of carbonyl (C=O) groups excluding carboxylic acids is 1. The van der Waals surface area contributed by atoms with Gasteiger partial charge in [-0.05, 0) is 37.7 Å². The molecule has 2 aliphatic heterocycles. The molecule has 0 saturated carbocycles. The molecule has 4 aromatic rings. The van der Waals surface area contributed by atoms with Crippen molar-refractivity contribution in [3.8, 4) is 10.6 Å². The second-order valence-electron chi connectivity index (χ2n) is 9.48. The first-order valence-corrected chi connectivity index (χ1v) is 12.6. The van der Waals surface area contributed by atoms with E-state index in [1.165, 1.54) is 6.42 Å². The molecule has 0 aliphatic carbocycles. The van der Waals surface area contributed by atoms with Gasteiger partial charge in [0.1, 0.15) is 22.5 Å². The van der Waals surface area contributed by atoms with Crippen molar-refractivity contribution in [2.75, 3.05) is 44.4 Å². The van der Waals surface area contributed by atoms with Crippen LogP contribution >= 0.6 is 11.3 Å². The second kappa shape index (κ2) is 8.58. The first-order chi connectivity index (χ1) is 16.9. The average molecular weight is 486 g/mol. The number of anilines is 3. The van der Waals surface area contributed by atoms with Gasteiger partial charge in [-0.3, -0.25) is 9.69 Å². The number of amides is 1. The number of likely N-dealkylation sites (tertiary alicyclic amines) is 1. The molecule has 3 aromatic heterocycles. The summed E-state index contributed by atoms with van der Waals surface area (Å²) < 4.78 is 0.994. The highest BCUT2D eigenvalue weighted by Gasteiger charge is 2.41. The Morgan fingerprint density at radius 1 is 1.06 bits per heavy atom. The summed E-state index contributed by atoms with van der Waals surface area (Å²) in [5.74, 6) is 2.47. The van der Waals surface area contributed by atoms with E-state index < -0.39 is 0 Å². The molecule has 0 radical (unpaired) electrons. The predicted molar refractivity (Wildman–Crippen MR) is 141 cm³/mol. The predicted octanol–water partition coefficient (Wildman–Crippen LogP) is 4.09. The number of nitrogens with one attached hydrogen (secondary N) is 1. The quantitative estimate of drug-likeness (QED) is 0.456. The van der Waals surface area contributed by atoms with Crippen LogP contribution in [0.4, 0.5) is 17.5 Å². The van der Waals surface area contributed by atoms with Gasteiger partial charge in [0.15, 0.2) is 0 Å². The van der Waals surface area contributed by atoms with Crippen LogP contribution in [0.3, 0.4) is 0 Å². The summed E-state index contributed by atoms with van der Waals surface area (Å²) >= 11 is 1.57. The number of hydrogen-bond donors (Lipinski definition) is 1. The summed E-state index contributed by atoms with van der Waals surface area (Å²) in [5.41, 5.74) is 2.44.